The highest BCUT2D eigenvalue weighted by Gasteiger charge is 2.40. The molecule has 0 bridgehead atoms. The molecule has 2 nitrogen and oxygen atoms in total. The van der Waals surface area contributed by atoms with Crippen LogP contribution in [0.3, 0.4) is 0 Å². The normalized spacial score (nSPS) is 20.9. The quantitative estimate of drug-likeness (QED) is 0.730. The van der Waals surface area contributed by atoms with Crippen molar-refractivity contribution in [2.45, 2.75) is 31.9 Å². The van der Waals surface area contributed by atoms with Gasteiger partial charge in [-0.15, -0.1) is 0 Å². The molecule has 0 fully saturated rings. The van der Waals surface area contributed by atoms with Crippen molar-refractivity contribution in [1.82, 2.24) is 0 Å². The molecule has 0 N–H and O–H groups in total. The van der Waals surface area contributed by atoms with Crippen molar-refractivity contribution < 1.29 is 22.3 Å². The fourth-order valence-electron chi connectivity index (χ4n) is 2.85. The average molecular weight is 299 g/mol. The third kappa shape index (κ3) is 2.32. The lowest BCUT2D eigenvalue weighted by molar-refractivity contribution is -0.0713. The first-order chi connectivity index (χ1) is 9.91. The van der Waals surface area contributed by atoms with Gasteiger partial charge in [-0.3, -0.25) is 4.99 Å². The molecule has 1 unspecified atom stereocenters. The van der Waals surface area contributed by atoms with Gasteiger partial charge in [0.1, 0.15) is 17.6 Å². The minimum atomic E-state index is -4.76. The Morgan fingerprint density at radius 3 is 2.76 bits per heavy atom. The van der Waals surface area contributed by atoms with Gasteiger partial charge in [0.2, 0.25) is 0 Å². The second kappa shape index (κ2) is 4.86. The van der Waals surface area contributed by atoms with E-state index in [0.717, 1.165) is 18.4 Å². The summed E-state index contributed by atoms with van der Waals surface area (Å²) in [5.41, 5.74) is -0.533. The number of hydrogen-bond donors (Lipinski definition) is 0. The molecule has 3 rings (SSSR count). The highest BCUT2D eigenvalue weighted by atomic mass is 19.4. The molecule has 21 heavy (non-hydrogen) atoms. The molecule has 1 atom stereocenters. The Balaban J connectivity index is 2.35. The van der Waals surface area contributed by atoms with Crippen LogP contribution in [0.15, 0.2) is 29.2 Å². The lowest BCUT2D eigenvalue weighted by Crippen LogP contribution is -2.30. The van der Waals surface area contributed by atoms with Crippen molar-refractivity contribution >= 4 is 5.57 Å². The fourth-order valence-corrected chi connectivity index (χ4v) is 2.85. The van der Waals surface area contributed by atoms with Crippen LogP contribution in [0.5, 0.6) is 5.75 Å². The van der Waals surface area contributed by atoms with Crippen molar-refractivity contribution in [3.63, 3.8) is 0 Å². The Labute approximate surface area is 118 Å². The number of ether oxygens (including phenoxy) is 1. The standard InChI is InChI=1S/C15H13F4NO/c1-2-8-3-4-20-12-6-13-10(5-9(8)12)14(15(17,18)19)11(16)7-21-13/h5-8H,2-4H2,1H3. The molecule has 0 amide bonds. The maximum atomic E-state index is 13.6. The fraction of sp³-hybridized carbons (Fsp3) is 0.400. The van der Waals surface area contributed by atoms with E-state index in [2.05, 4.69) is 4.99 Å². The molecular weight excluding hydrogens is 286 g/mol. The van der Waals surface area contributed by atoms with E-state index in [1.807, 2.05) is 6.92 Å². The Morgan fingerprint density at radius 1 is 1.33 bits per heavy atom. The second-order valence-electron chi connectivity index (χ2n) is 5.14. The summed E-state index contributed by atoms with van der Waals surface area (Å²) in [7, 11) is 0. The van der Waals surface area contributed by atoms with Crippen LogP contribution in [0.2, 0.25) is 0 Å². The number of alkyl halides is 3. The topological polar surface area (TPSA) is 21.6 Å². The molecule has 1 aromatic rings. The molecule has 0 radical (unpaired) electrons. The van der Waals surface area contributed by atoms with Crippen molar-refractivity contribution in [2.24, 2.45) is 4.99 Å². The maximum Gasteiger partial charge on any atom is 0.420 e. The number of benzene rings is 1. The van der Waals surface area contributed by atoms with Gasteiger partial charge in [-0.2, -0.15) is 13.2 Å². The zero-order valence-corrected chi connectivity index (χ0v) is 11.3. The molecule has 2 heterocycles. The van der Waals surface area contributed by atoms with Crippen molar-refractivity contribution in [3.05, 3.63) is 40.4 Å². The van der Waals surface area contributed by atoms with E-state index in [9.17, 15) is 17.6 Å². The molecule has 0 aromatic heterocycles. The number of allylic oxidation sites excluding steroid dienone is 1. The Hall–Kier alpha value is -1.85. The number of halogens is 4. The van der Waals surface area contributed by atoms with Crippen LogP contribution >= 0.6 is 0 Å². The SMILES string of the molecule is CCC1CCN=c2cc3c(cc21)=C(C(F)(F)F)C(F)=CO3. The smallest absolute Gasteiger partial charge is 0.420 e. The lowest BCUT2D eigenvalue weighted by atomic mass is 9.89. The van der Waals surface area contributed by atoms with Crippen molar-refractivity contribution in [3.8, 4) is 5.75 Å². The van der Waals surface area contributed by atoms with Crippen LogP contribution in [0.25, 0.3) is 5.57 Å². The predicted octanol–water partition coefficient (Wildman–Crippen LogP) is 3.12. The van der Waals surface area contributed by atoms with Crippen molar-refractivity contribution in [1.29, 1.82) is 0 Å². The third-order valence-corrected chi connectivity index (χ3v) is 3.90. The first-order valence-electron chi connectivity index (χ1n) is 6.74. The molecule has 0 spiro atoms. The van der Waals surface area contributed by atoms with Gasteiger partial charge < -0.3 is 4.74 Å². The van der Waals surface area contributed by atoms with E-state index in [1.54, 1.807) is 0 Å². The Bertz CT molecular complexity index is 733. The maximum absolute atomic E-state index is 13.6. The van der Waals surface area contributed by atoms with E-state index < -0.39 is 17.6 Å². The molecule has 1 aromatic carbocycles. The van der Waals surface area contributed by atoms with Crippen LogP contribution in [0.4, 0.5) is 17.6 Å². The van der Waals surface area contributed by atoms with Crippen LogP contribution < -0.4 is 15.3 Å². The number of nitrogens with zero attached hydrogens (tertiary/aromatic N) is 1. The summed E-state index contributed by atoms with van der Waals surface area (Å²) in [6.07, 6.45) is -2.66. The van der Waals surface area contributed by atoms with Gasteiger partial charge >= 0.3 is 6.18 Å². The largest absolute Gasteiger partial charge is 0.461 e. The first kappa shape index (κ1) is 14.1. The molecule has 0 saturated carbocycles. The number of rotatable bonds is 1. The Morgan fingerprint density at radius 2 is 2.10 bits per heavy atom. The molecule has 0 aliphatic carbocycles. The Kier molecular flexibility index (Phi) is 3.26. The molecule has 0 saturated heterocycles. The van der Waals surface area contributed by atoms with Gasteiger partial charge in [0.25, 0.3) is 0 Å². The number of hydrogen-bond acceptors (Lipinski definition) is 2. The van der Waals surface area contributed by atoms with Crippen LogP contribution in [-0.2, 0) is 0 Å². The third-order valence-electron chi connectivity index (χ3n) is 3.90. The molecule has 2 aliphatic heterocycles. The zero-order valence-electron chi connectivity index (χ0n) is 11.3. The van der Waals surface area contributed by atoms with E-state index in [1.165, 1.54) is 12.1 Å². The summed E-state index contributed by atoms with van der Waals surface area (Å²) in [5.74, 6) is -1.25. The van der Waals surface area contributed by atoms with Gasteiger partial charge in [-0.05, 0) is 30.4 Å². The van der Waals surface area contributed by atoms with E-state index in [-0.39, 0.29) is 16.9 Å². The number of fused-ring (bicyclic) bond motifs is 2. The van der Waals surface area contributed by atoms with Gasteiger partial charge in [-0.1, -0.05) is 6.92 Å². The summed E-state index contributed by atoms with van der Waals surface area (Å²) in [6, 6.07) is 2.86. The van der Waals surface area contributed by atoms with Gasteiger partial charge in [-0.25, -0.2) is 4.39 Å². The lowest BCUT2D eigenvalue weighted by Gasteiger charge is -2.22. The molecule has 6 heteroatoms. The van der Waals surface area contributed by atoms with Crippen molar-refractivity contribution in [2.75, 3.05) is 6.54 Å². The highest BCUT2D eigenvalue weighted by Crippen LogP contribution is 2.35. The molecule has 112 valence electrons. The van der Waals surface area contributed by atoms with Gasteiger partial charge in [0.15, 0.2) is 5.83 Å². The van der Waals surface area contributed by atoms with Crippen LogP contribution in [0.1, 0.15) is 31.2 Å². The average Bonchev–Trinajstić information content (AvgIpc) is 2.43. The summed E-state index contributed by atoms with van der Waals surface area (Å²) < 4.78 is 57.8. The summed E-state index contributed by atoms with van der Waals surface area (Å²) in [5, 5.41) is 0.404. The van der Waals surface area contributed by atoms with E-state index in [4.69, 9.17) is 4.74 Å². The minimum Gasteiger partial charge on any atom is -0.461 e. The van der Waals surface area contributed by atoms with Gasteiger partial charge in [0.05, 0.1) is 5.36 Å². The second-order valence-corrected chi connectivity index (χ2v) is 5.14. The summed E-state index contributed by atoms with van der Waals surface area (Å²) in [6.45, 7) is 2.62. The predicted molar refractivity (Wildman–Crippen MR) is 69.0 cm³/mol. The zero-order chi connectivity index (χ0) is 15.2. The van der Waals surface area contributed by atoms with Crippen LogP contribution in [0, 0.1) is 0 Å². The summed E-state index contributed by atoms with van der Waals surface area (Å²) >= 11 is 0. The van der Waals surface area contributed by atoms with E-state index >= 15 is 0 Å². The molecule has 2 aliphatic rings. The first-order valence-corrected chi connectivity index (χ1v) is 6.74. The highest BCUT2D eigenvalue weighted by molar-refractivity contribution is 5.68. The minimum absolute atomic E-state index is 0.00276. The monoisotopic (exact) mass is 299 g/mol. The molecular formula is C15H13F4NO. The van der Waals surface area contributed by atoms with Crippen LogP contribution in [-0.4, -0.2) is 12.7 Å². The van der Waals surface area contributed by atoms with E-state index in [0.29, 0.717) is 18.2 Å². The van der Waals surface area contributed by atoms with Gasteiger partial charge in [0, 0.05) is 17.8 Å². The summed E-state index contributed by atoms with van der Waals surface area (Å²) in [4.78, 5) is 4.32.